The summed E-state index contributed by atoms with van der Waals surface area (Å²) in [5.74, 6) is -3.75. The van der Waals surface area contributed by atoms with E-state index in [9.17, 15) is 35.9 Å². The number of anilines is 1. The van der Waals surface area contributed by atoms with Crippen LogP contribution in [0.3, 0.4) is 0 Å². The molecule has 2 N–H and O–H groups in total. The van der Waals surface area contributed by atoms with E-state index in [1.165, 1.54) is 0 Å². The van der Waals surface area contributed by atoms with Gasteiger partial charge in [0.1, 0.15) is 12.1 Å². The predicted octanol–water partition coefficient (Wildman–Crippen LogP) is 1.88. The molecule has 0 aliphatic carbocycles. The molecular formula is C16H13F6N5O3. The van der Waals surface area contributed by atoms with E-state index in [-0.39, 0.29) is 29.8 Å². The lowest BCUT2D eigenvalue weighted by molar-refractivity contribution is -0.245. The highest BCUT2D eigenvalue weighted by Gasteiger charge is 2.45. The fourth-order valence-corrected chi connectivity index (χ4v) is 2.52. The molecule has 1 aliphatic rings. The van der Waals surface area contributed by atoms with E-state index in [1.54, 1.807) is 0 Å². The molecule has 1 aromatic heterocycles. The summed E-state index contributed by atoms with van der Waals surface area (Å²) in [4.78, 5) is 35.2. The number of hydroxylamine groups is 2. The van der Waals surface area contributed by atoms with Crippen molar-refractivity contribution in [3.05, 3.63) is 30.1 Å². The van der Waals surface area contributed by atoms with Gasteiger partial charge in [0.2, 0.25) is 0 Å². The molecule has 2 heterocycles. The lowest BCUT2D eigenvalue weighted by Crippen LogP contribution is -2.60. The molecule has 0 radical (unpaired) electrons. The lowest BCUT2D eigenvalue weighted by atomic mass is 10.1. The molecule has 0 spiro atoms. The van der Waals surface area contributed by atoms with Crippen LogP contribution in [0.25, 0.3) is 10.9 Å². The fraction of sp³-hybridized carbons (Fsp3) is 0.375. The molecule has 1 fully saturated rings. The van der Waals surface area contributed by atoms with Gasteiger partial charge in [-0.3, -0.25) is 4.79 Å². The molecule has 0 atom stereocenters. The number of hydrogen-bond donors (Lipinski definition) is 2. The summed E-state index contributed by atoms with van der Waals surface area (Å²) < 4.78 is 76.2. The van der Waals surface area contributed by atoms with Crippen LogP contribution in [0.2, 0.25) is 0 Å². The summed E-state index contributed by atoms with van der Waals surface area (Å²) in [7, 11) is 0. The normalized spacial score (nSPS) is 14.9. The molecule has 0 saturated carbocycles. The Balaban J connectivity index is 1.78. The van der Waals surface area contributed by atoms with E-state index in [0.29, 0.717) is 5.06 Å². The Morgan fingerprint density at radius 2 is 1.87 bits per heavy atom. The SMILES string of the molecule is O=C(CNc1ncnc2ccc(C(F)(F)F)cc12)N(OC(=O)C(F)(F)F)C1CNC1. The van der Waals surface area contributed by atoms with Crippen LogP contribution in [0.4, 0.5) is 32.2 Å². The van der Waals surface area contributed by atoms with E-state index in [1.807, 2.05) is 0 Å². The first-order valence-corrected chi connectivity index (χ1v) is 8.34. The van der Waals surface area contributed by atoms with Gasteiger partial charge < -0.3 is 15.5 Å². The smallest absolute Gasteiger partial charge is 0.360 e. The van der Waals surface area contributed by atoms with Crippen LogP contribution < -0.4 is 10.6 Å². The zero-order valence-electron chi connectivity index (χ0n) is 14.8. The van der Waals surface area contributed by atoms with Gasteiger partial charge in [-0.05, 0) is 18.2 Å². The maximum atomic E-state index is 13.0. The number of nitrogens with zero attached hydrogens (tertiary/aromatic N) is 3. The number of alkyl halides is 6. The van der Waals surface area contributed by atoms with Crippen LogP contribution in [0.5, 0.6) is 0 Å². The first-order valence-electron chi connectivity index (χ1n) is 8.34. The molecule has 8 nitrogen and oxygen atoms in total. The van der Waals surface area contributed by atoms with Crippen LogP contribution >= 0.6 is 0 Å². The molecule has 0 unspecified atom stereocenters. The summed E-state index contributed by atoms with van der Waals surface area (Å²) in [5, 5.41) is 5.42. The van der Waals surface area contributed by atoms with Gasteiger partial charge in [-0.25, -0.2) is 14.8 Å². The van der Waals surface area contributed by atoms with Gasteiger partial charge in [-0.2, -0.15) is 31.4 Å². The number of halogens is 6. The highest BCUT2D eigenvalue weighted by Crippen LogP contribution is 2.32. The average Bonchev–Trinajstić information content (AvgIpc) is 2.62. The predicted molar refractivity (Wildman–Crippen MR) is 88.7 cm³/mol. The molecule has 1 aliphatic heterocycles. The van der Waals surface area contributed by atoms with Crippen LogP contribution in [0.15, 0.2) is 24.5 Å². The second-order valence-corrected chi connectivity index (χ2v) is 6.21. The van der Waals surface area contributed by atoms with Gasteiger partial charge in [0.15, 0.2) is 0 Å². The molecule has 14 heteroatoms. The summed E-state index contributed by atoms with van der Waals surface area (Å²) in [6.45, 7) is -0.492. The lowest BCUT2D eigenvalue weighted by Gasteiger charge is -2.36. The Morgan fingerprint density at radius 1 is 1.17 bits per heavy atom. The van der Waals surface area contributed by atoms with Crippen LogP contribution in [0.1, 0.15) is 5.56 Å². The molecule has 1 saturated heterocycles. The van der Waals surface area contributed by atoms with Crippen molar-refractivity contribution in [2.45, 2.75) is 18.4 Å². The molecule has 1 aromatic carbocycles. The fourth-order valence-electron chi connectivity index (χ4n) is 2.52. The number of rotatable bonds is 4. The zero-order chi connectivity index (χ0) is 22.1. The number of amides is 1. The minimum Gasteiger partial charge on any atom is -0.360 e. The maximum Gasteiger partial charge on any atom is 0.493 e. The summed E-state index contributed by atoms with van der Waals surface area (Å²) in [5.41, 5.74) is -0.822. The van der Waals surface area contributed by atoms with E-state index in [0.717, 1.165) is 24.5 Å². The summed E-state index contributed by atoms with van der Waals surface area (Å²) in [6.07, 6.45) is -8.89. The monoisotopic (exact) mass is 437 g/mol. The number of nitrogens with one attached hydrogen (secondary N) is 2. The minimum atomic E-state index is -5.31. The Hall–Kier alpha value is -3.16. The number of carbonyl (C=O) groups excluding carboxylic acids is 2. The number of carbonyl (C=O) groups is 2. The van der Waals surface area contributed by atoms with Gasteiger partial charge in [0.05, 0.1) is 23.7 Å². The Kier molecular flexibility index (Phi) is 5.70. The summed E-state index contributed by atoms with van der Waals surface area (Å²) in [6, 6.07) is 1.90. The van der Waals surface area contributed by atoms with E-state index < -0.39 is 42.4 Å². The van der Waals surface area contributed by atoms with E-state index in [2.05, 4.69) is 25.4 Å². The number of aromatic nitrogens is 2. The number of benzene rings is 1. The van der Waals surface area contributed by atoms with Crippen molar-refractivity contribution in [3.63, 3.8) is 0 Å². The van der Waals surface area contributed by atoms with Gasteiger partial charge in [-0.1, -0.05) is 0 Å². The van der Waals surface area contributed by atoms with Gasteiger partial charge in [-0.15, -0.1) is 0 Å². The quantitative estimate of drug-likeness (QED) is 0.557. The maximum absolute atomic E-state index is 13.0. The van der Waals surface area contributed by atoms with Gasteiger partial charge >= 0.3 is 18.3 Å². The van der Waals surface area contributed by atoms with Crippen molar-refractivity contribution in [2.24, 2.45) is 0 Å². The Labute approximate surface area is 164 Å². The molecule has 3 rings (SSSR count). The second-order valence-electron chi connectivity index (χ2n) is 6.21. The zero-order valence-corrected chi connectivity index (χ0v) is 14.8. The number of fused-ring (bicyclic) bond motifs is 1. The van der Waals surface area contributed by atoms with E-state index in [4.69, 9.17) is 0 Å². The van der Waals surface area contributed by atoms with Crippen LogP contribution in [-0.2, 0) is 20.6 Å². The highest BCUT2D eigenvalue weighted by molar-refractivity contribution is 5.91. The number of hydrogen-bond acceptors (Lipinski definition) is 7. The molecule has 30 heavy (non-hydrogen) atoms. The molecular weight excluding hydrogens is 424 g/mol. The minimum absolute atomic E-state index is 0.0516. The Bertz CT molecular complexity index is 961. The van der Waals surface area contributed by atoms with E-state index >= 15 is 0 Å². The van der Waals surface area contributed by atoms with Crippen molar-refractivity contribution < 1.29 is 40.8 Å². The first-order chi connectivity index (χ1) is 14.0. The van der Waals surface area contributed by atoms with Crippen molar-refractivity contribution in [1.82, 2.24) is 20.3 Å². The van der Waals surface area contributed by atoms with Crippen molar-refractivity contribution in [3.8, 4) is 0 Å². The van der Waals surface area contributed by atoms with Crippen molar-refractivity contribution >= 4 is 28.6 Å². The molecule has 2 aromatic rings. The molecule has 162 valence electrons. The van der Waals surface area contributed by atoms with Crippen molar-refractivity contribution in [2.75, 3.05) is 25.0 Å². The third kappa shape index (κ3) is 4.69. The third-order valence-electron chi connectivity index (χ3n) is 4.12. The van der Waals surface area contributed by atoms with Crippen LogP contribution in [0, 0.1) is 0 Å². The molecule has 1 amide bonds. The molecule has 0 bridgehead atoms. The second kappa shape index (κ2) is 7.93. The topological polar surface area (TPSA) is 96.5 Å². The Morgan fingerprint density at radius 3 is 2.43 bits per heavy atom. The first kappa shape index (κ1) is 21.5. The summed E-state index contributed by atoms with van der Waals surface area (Å²) >= 11 is 0. The third-order valence-corrected chi connectivity index (χ3v) is 4.12. The van der Waals surface area contributed by atoms with Crippen molar-refractivity contribution in [1.29, 1.82) is 0 Å². The largest absolute Gasteiger partial charge is 0.493 e. The van der Waals surface area contributed by atoms with Crippen LogP contribution in [-0.4, -0.2) is 58.8 Å². The van der Waals surface area contributed by atoms with Gasteiger partial charge in [0.25, 0.3) is 5.91 Å². The standard InChI is InChI=1S/C16H13F6N5O3/c17-15(18,19)8-1-2-11-10(3-8)13(26-7-25-11)24-6-12(28)27(9-4-23-5-9)30-14(29)16(20,21)22/h1-3,7,9,23H,4-6H2,(H,24,25,26). The average molecular weight is 437 g/mol. The van der Waals surface area contributed by atoms with Gasteiger partial charge in [0, 0.05) is 18.5 Å². The highest BCUT2D eigenvalue weighted by atomic mass is 19.4.